The van der Waals surface area contributed by atoms with Crippen LogP contribution in [-0.4, -0.2) is 9.55 Å². The van der Waals surface area contributed by atoms with E-state index in [2.05, 4.69) is 17.4 Å². The second kappa shape index (κ2) is 6.36. The van der Waals surface area contributed by atoms with Gasteiger partial charge in [0.2, 0.25) is 0 Å². The molecule has 0 saturated carbocycles. The molecule has 3 aromatic rings. The predicted molar refractivity (Wildman–Crippen MR) is 88.7 cm³/mol. The van der Waals surface area contributed by atoms with Gasteiger partial charge in [0.15, 0.2) is 11.9 Å². The fraction of sp³-hybridized carbons (Fsp3) is 0.211. The SMILES string of the molecule is C#CCn1c(C(CC)Oc2ccccc2)nc2ccccc21. The largest absolute Gasteiger partial charge is 0.483 e. The summed E-state index contributed by atoms with van der Waals surface area (Å²) in [5, 5.41) is 0. The van der Waals surface area contributed by atoms with E-state index in [4.69, 9.17) is 16.1 Å². The van der Waals surface area contributed by atoms with Crippen molar-refractivity contribution in [3.05, 3.63) is 60.4 Å². The van der Waals surface area contributed by atoms with Gasteiger partial charge < -0.3 is 9.30 Å². The number of fused-ring (bicyclic) bond motifs is 1. The number of aromatic nitrogens is 2. The lowest BCUT2D eigenvalue weighted by Gasteiger charge is -2.18. The normalized spacial score (nSPS) is 12.0. The zero-order chi connectivity index (χ0) is 15.4. The van der Waals surface area contributed by atoms with Gasteiger partial charge in [-0.2, -0.15) is 0 Å². The number of rotatable bonds is 5. The van der Waals surface area contributed by atoms with Gasteiger partial charge in [-0.15, -0.1) is 6.42 Å². The van der Waals surface area contributed by atoms with E-state index in [1.807, 2.05) is 54.6 Å². The monoisotopic (exact) mass is 290 g/mol. The summed E-state index contributed by atoms with van der Waals surface area (Å²) in [4.78, 5) is 4.74. The minimum Gasteiger partial charge on any atom is -0.483 e. The Hall–Kier alpha value is -2.73. The molecule has 0 amide bonds. The molecule has 0 fully saturated rings. The number of benzene rings is 2. The number of terminal acetylenes is 1. The maximum absolute atomic E-state index is 6.11. The van der Waals surface area contributed by atoms with E-state index in [1.54, 1.807) is 0 Å². The Bertz CT molecular complexity index is 799. The molecule has 0 aliphatic rings. The van der Waals surface area contributed by atoms with Crippen LogP contribution in [0.2, 0.25) is 0 Å². The third-order valence-corrected chi connectivity index (χ3v) is 3.61. The van der Waals surface area contributed by atoms with Gasteiger partial charge in [-0.1, -0.05) is 43.2 Å². The summed E-state index contributed by atoms with van der Waals surface area (Å²) in [6, 6.07) is 17.8. The second-order valence-electron chi connectivity index (χ2n) is 5.08. The lowest BCUT2D eigenvalue weighted by molar-refractivity contribution is 0.187. The molecule has 0 aliphatic heterocycles. The fourth-order valence-corrected chi connectivity index (χ4v) is 2.58. The summed E-state index contributed by atoms with van der Waals surface area (Å²) in [7, 11) is 0. The molecule has 0 bridgehead atoms. The first-order valence-electron chi connectivity index (χ1n) is 7.43. The van der Waals surface area contributed by atoms with E-state index < -0.39 is 0 Å². The van der Waals surface area contributed by atoms with Crippen molar-refractivity contribution in [2.45, 2.75) is 26.0 Å². The van der Waals surface area contributed by atoms with Gasteiger partial charge in [0.25, 0.3) is 0 Å². The first-order chi connectivity index (χ1) is 10.8. The molecular weight excluding hydrogens is 272 g/mol. The molecule has 3 rings (SSSR count). The third-order valence-electron chi connectivity index (χ3n) is 3.61. The topological polar surface area (TPSA) is 27.1 Å². The van der Waals surface area contributed by atoms with Crippen LogP contribution >= 0.6 is 0 Å². The summed E-state index contributed by atoms with van der Waals surface area (Å²) < 4.78 is 8.18. The average molecular weight is 290 g/mol. The molecule has 3 nitrogen and oxygen atoms in total. The van der Waals surface area contributed by atoms with E-state index in [0.717, 1.165) is 29.0 Å². The smallest absolute Gasteiger partial charge is 0.156 e. The van der Waals surface area contributed by atoms with Crippen molar-refractivity contribution >= 4 is 11.0 Å². The van der Waals surface area contributed by atoms with Crippen LogP contribution in [0, 0.1) is 12.3 Å². The van der Waals surface area contributed by atoms with Crippen LogP contribution in [0.3, 0.4) is 0 Å². The molecule has 2 aromatic carbocycles. The molecular formula is C19H18N2O. The molecule has 0 saturated heterocycles. The third kappa shape index (κ3) is 2.68. The van der Waals surface area contributed by atoms with Gasteiger partial charge in [0.1, 0.15) is 5.75 Å². The predicted octanol–water partition coefficient (Wildman–Crippen LogP) is 4.20. The van der Waals surface area contributed by atoms with E-state index >= 15 is 0 Å². The molecule has 1 atom stereocenters. The van der Waals surface area contributed by atoms with Crippen LogP contribution in [0.4, 0.5) is 0 Å². The van der Waals surface area contributed by atoms with Crippen LogP contribution < -0.4 is 4.74 Å². The highest BCUT2D eigenvalue weighted by Gasteiger charge is 2.20. The molecule has 0 radical (unpaired) electrons. The molecule has 1 unspecified atom stereocenters. The van der Waals surface area contributed by atoms with E-state index in [0.29, 0.717) is 6.54 Å². The lowest BCUT2D eigenvalue weighted by atomic mass is 10.2. The number of para-hydroxylation sites is 3. The number of hydrogen-bond acceptors (Lipinski definition) is 2. The number of ether oxygens (including phenoxy) is 1. The molecule has 0 N–H and O–H groups in total. The molecule has 1 heterocycles. The van der Waals surface area contributed by atoms with Crippen molar-refractivity contribution in [3.8, 4) is 18.1 Å². The molecule has 0 spiro atoms. The zero-order valence-electron chi connectivity index (χ0n) is 12.6. The number of nitrogens with zero attached hydrogens (tertiary/aromatic N) is 2. The van der Waals surface area contributed by atoms with Crippen molar-refractivity contribution in [2.24, 2.45) is 0 Å². The summed E-state index contributed by atoms with van der Waals surface area (Å²) in [5.41, 5.74) is 1.99. The van der Waals surface area contributed by atoms with Gasteiger partial charge in [-0.3, -0.25) is 0 Å². The molecule has 3 heteroatoms. The summed E-state index contributed by atoms with van der Waals surface area (Å²) in [6.45, 7) is 2.58. The fourth-order valence-electron chi connectivity index (χ4n) is 2.58. The maximum atomic E-state index is 6.11. The Kier molecular flexibility index (Phi) is 4.11. The highest BCUT2D eigenvalue weighted by molar-refractivity contribution is 5.76. The molecule has 1 aromatic heterocycles. The first-order valence-corrected chi connectivity index (χ1v) is 7.43. The van der Waals surface area contributed by atoms with Gasteiger partial charge in [-0.05, 0) is 30.7 Å². The van der Waals surface area contributed by atoms with Crippen molar-refractivity contribution in [1.82, 2.24) is 9.55 Å². The Labute approximate surface area is 130 Å². The van der Waals surface area contributed by atoms with E-state index in [-0.39, 0.29) is 6.10 Å². The van der Waals surface area contributed by atoms with Crippen LogP contribution in [0.1, 0.15) is 25.3 Å². The molecule has 110 valence electrons. The van der Waals surface area contributed by atoms with Crippen molar-refractivity contribution < 1.29 is 4.74 Å². The van der Waals surface area contributed by atoms with Crippen LogP contribution in [0.5, 0.6) is 5.75 Å². The van der Waals surface area contributed by atoms with Gasteiger partial charge in [0.05, 0.1) is 17.6 Å². The Morgan fingerprint density at radius 3 is 2.59 bits per heavy atom. The minimum absolute atomic E-state index is 0.122. The number of hydrogen-bond donors (Lipinski definition) is 0. The van der Waals surface area contributed by atoms with Gasteiger partial charge in [0, 0.05) is 0 Å². The minimum atomic E-state index is -0.122. The summed E-state index contributed by atoms with van der Waals surface area (Å²) >= 11 is 0. The number of imidazole rings is 1. The van der Waals surface area contributed by atoms with Crippen molar-refractivity contribution in [1.29, 1.82) is 0 Å². The average Bonchev–Trinajstić information content (AvgIpc) is 2.93. The highest BCUT2D eigenvalue weighted by Crippen LogP contribution is 2.27. The molecule has 0 aliphatic carbocycles. The zero-order valence-corrected chi connectivity index (χ0v) is 12.6. The Balaban J connectivity index is 2.03. The standard InChI is InChI=1S/C19H18N2O/c1-3-14-21-17-13-9-8-12-16(17)20-19(21)18(4-2)22-15-10-6-5-7-11-15/h1,5-13,18H,4,14H2,2H3. The van der Waals surface area contributed by atoms with Crippen LogP contribution in [0.15, 0.2) is 54.6 Å². The maximum Gasteiger partial charge on any atom is 0.156 e. The van der Waals surface area contributed by atoms with Crippen molar-refractivity contribution in [2.75, 3.05) is 0 Å². The first kappa shape index (κ1) is 14.2. The van der Waals surface area contributed by atoms with Crippen molar-refractivity contribution in [3.63, 3.8) is 0 Å². The lowest BCUT2D eigenvalue weighted by Crippen LogP contribution is -2.13. The van der Waals surface area contributed by atoms with E-state index in [9.17, 15) is 0 Å². The van der Waals surface area contributed by atoms with Gasteiger partial charge >= 0.3 is 0 Å². The Morgan fingerprint density at radius 2 is 1.86 bits per heavy atom. The van der Waals surface area contributed by atoms with Crippen LogP contribution in [-0.2, 0) is 6.54 Å². The van der Waals surface area contributed by atoms with E-state index in [1.165, 1.54) is 0 Å². The summed E-state index contributed by atoms with van der Waals surface area (Å²) in [5.74, 6) is 4.43. The molecule has 22 heavy (non-hydrogen) atoms. The highest BCUT2D eigenvalue weighted by atomic mass is 16.5. The quantitative estimate of drug-likeness (QED) is 0.658. The van der Waals surface area contributed by atoms with Gasteiger partial charge in [-0.25, -0.2) is 4.98 Å². The van der Waals surface area contributed by atoms with Crippen LogP contribution in [0.25, 0.3) is 11.0 Å². The summed E-state index contributed by atoms with van der Waals surface area (Å²) in [6.07, 6.45) is 6.23. The second-order valence-corrected chi connectivity index (χ2v) is 5.08. The Morgan fingerprint density at radius 1 is 1.14 bits per heavy atom.